The molecule has 0 radical (unpaired) electrons. The molecular weight excluding hydrogens is 296 g/mol. The van der Waals surface area contributed by atoms with Gasteiger partial charge >= 0.3 is 0 Å². The zero-order valence-corrected chi connectivity index (χ0v) is 13.5. The molecule has 3 N–H and O–H groups in total. The molecule has 1 fully saturated rings. The fourth-order valence-corrected chi connectivity index (χ4v) is 2.80. The number of nitrogens with two attached hydrogens (primary N) is 1. The van der Waals surface area contributed by atoms with Gasteiger partial charge in [-0.2, -0.15) is 0 Å². The summed E-state index contributed by atoms with van der Waals surface area (Å²) in [5.41, 5.74) is 5.54. The molecule has 1 saturated carbocycles. The molecule has 0 bridgehead atoms. The molecule has 1 aromatic carbocycles. The molecule has 0 atom stereocenters. The van der Waals surface area contributed by atoms with E-state index < -0.39 is 5.91 Å². The normalized spacial score (nSPS) is 15.0. The van der Waals surface area contributed by atoms with E-state index in [0.29, 0.717) is 18.2 Å². The summed E-state index contributed by atoms with van der Waals surface area (Å²) in [5, 5.41) is 2.89. The first kappa shape index (κ1) is 17.1. The number of hydrogen-bond acceptors (Lipinski definition) is 4. The summed E-state index contributed by atoms with van der Waals surface area (Å²) < 4.78 is 10.5. The van der Waals surface area contributed by atoms with Gasteiger partial charge in [0.25, 0.3) is 11.8 Å². The van der Waals surface area contributed by atoms with Crippen molar-refractivity contribution in [1.29, 1.82) is 0 Å². The number of primary amides is 1. The largest absolute Gasteiger partial charge is 0.497 e. The summed E-state index contributed by atoms with van der Waals surface area (Å²) in [6.45, 7) is 0.531. The van der Waals surface area contributed by atoms with Crippen LogP contribution in [0.15, 0.2) is 18.2 Å². The molecule has 1 aliphatic carbocycles. The standard InChI is InChI=1S/C17H24N2O4/c1-22-13-7-8-14(17(18)21)15(9-13)23-11-16(20)19-10-12-5-3-2-4-6-12/h7-9,12H,2-6,10-11H2,1H3,(H2,18,21)(H,19,20). The van der Waals surface area contributed by atoms with Crippen LogP contribution in [0.5, 0.6) is 11.5 Å². The zero-order chi connectivity index (χ0) is 16.7. The second-order valence-corrected chi connectivity index (χ2v) is 5.82. The summed E-state index contributed by atoms with van der Waals surface area (Å²) in [5.74, 6) is 0.544. The first-order chi connectivity index (χ1) is 11.1. The van der Waals surface area contributed by atoms with E-state index in [9.17, 15) is 9.59 Å². The fraction of sp³-hybridized carbons (Fsp3) is 0.529. The molecule has 6 heteroatoms. The van der Waals surface area contributed by atoms with Gasteiger partial charge in [0, 0.05) is 12.6 Å². The zero-order valence-electron chi connectivity index (χ0n) is 13.5. The third kappa shape index (κ3) is 5.16. The Labute approximate surface area is 136 Å². The molecular formula is C17H24N2O4. The van der Waals surface area contributed by atoms with Gasteiger partial charge in [-0.15, -0.1) is 0 Å². The van der Waals surface area contributed by atoms with Crippen molar-refractivity contribution < 1.29 is 19.1 Å². The molecule has 23 heavy (non-hydrogen) atoms. The highest BCUT2D eigenvalue weighted by Crippen LogP contribution is 2.25. The quantitative estimate of drug-likeness (QED) is 0.802. The lowest BCUT2D eigenvalue weighted by Crippen LogP contribution is -2.34. The van der Waals surface area contributed by atoms with E-state index in [0.717, 1.165) is 0 Å². The van der Waals surface area contributed by atoms with Gasteiger partial charge in [0.15, 0.2) is 6.61 Å². The second kappa shape index (κ2) is 8.41. The number of carbonyl (C=O) groups excluding carboxylic acids is 2. The number of hydrogen-bond donors (Lipinski definition) is 2. The Hall–Kier alpha value is -2.24. The van der Waals surface area contributed by atoms with Gasteiger partial charge in [0.05, 0.1) is 12.7 Å². The van der Waals surface area contributed by atoms with Crippen LogP contribution in [0.4, 0.5) is 0 Å². The van der Waals surface area contributed by atoms with Gasteiger partial charge in [0.1, 0.15) is 11.5 Å². The smallest absolute Gasteiger partial charge is 0.257 e. The maximum atomic E-state index is 11.9. The lowest BCUT2D eigenvalue weighted by atomic mass is 9.89. The van der Waals surface area contributed by atoms with Gasteiger partial charge in [-0.3, -0.25) is 9.59 Å². The van der Waals surface area contributed by atoms with Crippen molar-refractivity contribution in [2.45, 2.75) is 32.1 Å². The maximum absolute atomic E-state index is 11.9. The van der Waals surface area contributed by atoms with Gasteiger partial charge in [-0.05, 0) is 30.9 Å². The summed E-state index contributed by atoms with van der Waals surface area (Å²) in [6.07, 6.45) is 6.11. The van der Waals surface area contributed by atoms with Crippen molar-refractivity contribution in [3.8, 4) is 11.5 Å². The van der Waals surface area contributed by atoms with Crippen LogP contribution in [0.2, 0.25) is 0 Å². The van der Waals surface area contributed by atoms with Crippen LogP contribution in [-0.4, -0.2) is 32.1 Å². The highest BCUT2D eigenvalue weighted by Gasteiger charge is 2.15. The minimum absolute atomic E-state index is 0.153. The van der Waals surface area contributed by atoms with Gasteiger partial charge in [0.2, 0.25) is 0 Å². The minimum Gasteiger partial charge on any atom is -0.497 e. The molecule has 0 saturated heterocycles. The highest BCUT2D eigenvalue weighted by molar-refractivity contribution is 5.96. The van der Waals surface area contributed by atoms with Crippen LogP contribution >= 0.6 is 0 Å². The first-order valence-corrected chi connectivity index (χ1v) is 7.97. The van der Waals surface area contributed by atoms with Crippen LogP contribution in [-0.2, 0) is 4.79 Å². The van der Waals surface area contributed by atoms with E-state index in [4.69, 9.17) is 15.2 Å². The molecule has 0 heterocycles. The van der Waals surface area contributed by atoms with Crippen molar-refractivity contribution in [2.24, 2.45) is 11.7 Å². The van der Waals surface area contributed by atoms with Crippen LogP contribution in [0.25, 0.3) is 0 Å². The van der Waals surface area contributed by atoms with Crippen molar-refractivity contribution in [2.75, 3.05) is 20.3 Å². The number of methoxy groups -OCH3 is 1. The number of ether oxygens (including phenoxy) is 2. The summed E-state index contributed by atoms with van der Waals surface area (Å²) in [6, 6.07) is 4.70. The molecule has 0 unspecified atom stereocenters. The second-order valence-electron chi connectivity index (χ2n) is 5.82. The number of benzene rings is 1. The summed E-state index contributed by atoms with van der Waals surface area (Å²) in [7, 11) is 1.51. The summed E-state index contributed by atoms with van der Waals surface area (Å²) >= 11 is 0. The van der Waals surface area contributed by atoms with Crippen LogP contribution in [0.1, 0.15) is 42.5 Å². The van der Waals surface area contributed by atoms with E-state index in [2.05, 4.69) is 5.32 Å². The highest BCUT2D eigenvalue weighted by atomic mass is 16.5. The molecule has 0 aromatic heterocycles. The van der Waals surface area contributed by atoms with Crippen molar-refractivity contribution in [3.05, 3.63) is 23.8 Å². The van der Waals surface area contributed by atoms with E-state index in [1.807, 2.05) is 0 Å². The Morgan fingerprint density at radius 1 is 1.26 bits per heavy atom. The predicted molar refractivity (Wildman–Crippen MR) is 86.6 cm³/mol. The Bertz CT molecular complexity index is 554. The lowest BCUT2D eigenvalue weighted by Gasteiger charge is -2.21. The van der Waals surface area contributed by atoms with Crippen LogP contribution in [0.3, 0.4) is 0 Å². The third-order valence-electron chi connectivity index (χ3n) is 4.13. The molecule has 1 aromatic rings. The van der Waals surface area contributed by atoms with E-state index in [1.165, 1.54) is 45.3 Å². The van der Waals surface area contributed by atoms with Crippen LogP contribution in [0, 0.1) is 5.92 Å². The van der Waals surface area contributed by atoms with Crippen molar-refractivity contribution in [1.82, 2.24) is 5.32 Å². The van der Waals surface area contributed by atoms with Crippen molar-refractivity contribution in [3.63, 3.8) is 0 Å². The minimum atomic E-state index is -0.606. The van der Waals surface area contributed by atoms with Gasteiger partial charge < -0.3 is 20.5 Å². The number of amides is 2. The maximum Gasteiger partial charge on any atom is 0.257 e. The molecule has 6 nitrogen and oxygen atoms in total. The summed E-state index contributed by atoms with van der Waals surface area (Å²) in [4.78, 5) is 23.3. The average Bonchev–Trinajstić information content (AvgIpc) is 2.58. The predicted octanol–water partition coefficient (Wildman–Crippen LogP) is 1.87. The van der Waals surface area contributed by atoms with E-state index >= 15 is 0 Å². The monoisotopic (exact) mass is 320 g/mol. The number of rotatable bonds is 7. The van der Waals surface area contributed by atoms with E-state index in [1.54, 1.807) is 12.1 Å². The molecule has 1 aliphatic rings. The molecule has 2 amide bonds. The molecule has 0 aliphatic heterocycles. The van der Waals surface area contributed by atoms with Crippen LogP contribution < -0.4 is 20.5 Å². The number of nitrogens with one attached hydrogen (secondary N) is 1. The van der Waals surface area contributed by atoms with E-state index in [-0.39, 0.29) is 23.8 Å². The third-order valence-corrected chi connectivity index (χ3v) is 4.13. The number of carbonyl (C=O) groups is 2. The fourth-order valence-electron chi connectivity index (χ4n) is 2.80. The Morgan fingerprint density at radius 3 is 2.65 bits per heavy atom. The average molecular weight is 320 g/mol. The first-order valence-electron chi connectivity index (χ1n) is 7.97. The SMILES string of the molecule is COc1ccc(C(N)=O)c(OCC(=O)NCC2CCCCC2)c1. The lowest BCUT2D eigenvalue weighted by molar-refractivity contribution is -0.123. The molecule has 2 rings (SSSR count). The molecule has 126 valence electrons. The van der Waals surface area contributed by atoms with Gasteiger partial charge in [-0.1, -0.05) is 19.3 Å². The topological polar surface area (TPSA) is 90.7 Å². The Morgan fingerprint density at radius 2 is 2.00 bits per heavy atom. The van der Waals surface area contributed by atoms with Gasteiger partial charge in [-0.25, -0.2) is 0 Å². The van der Waals surface area contributed by atoms with Crippen molar-refractivity contribution >= 4 is 11.8 Å². The Balaban J connectivity index is 1.86. The Kier molecular flexibility index (Phi) is 6.26. The molecule has 0 spiro atoms.